The van der Waals surface area contributed by atoms with Crippen LogP contribution in [0.4, 0.5) is 13.2 Å². The second-order valence-electron chi connectivity index (χ2n) is 5.72. The first-order valence-corrected chi connectivity index (χ1v) is 7.60. The summed E-state index contributed by atoms with van der Waals surface area (Å²) >= 11 is 0. The first kappa shape index (κ1) is 17.6. The van der Waals surface area contributed by atoms with Crippen LogP contribution < -0.4 is 10.1 Å². The van der Waals surface area contributed by atoms with Crippen LogP contribution in [0.2, 0.25) is 0 Å². The molecule has 4 nitrogen and oxygen atoms in total. The zero-order valence-corrected chi connectivity index (χ0v) is 12.6. The van der Waals surface area contributed by atoms with Crippen molar-refractivity contribution in [1.82, 2.24) is 5.32 Å². The van der Waals surface area contributed by atoms with E-state index < -0.39 is 17.6 Å². The summed E-state index contributed by atoms with van der Waals surface area (Å²) in [5.74, 6) is -0.369. The fourth-order valence-corrected chi connectivity index (χ4v) is 2.78. The molecule has 0 saturated heterocycles. The molecule has 2 N–H and O–H groups in total. The Hall–Kier alpha value is -1.76. The molecule has 2 unspecified atom stereocenters. The molecule has 0 spiro atoms. The van der Waals surface area contributed by atoms with E-state index in [1.54, 1.807) is 0 Å². The Bertz CT molecular complexity index is 534. The van der Waals surface area contributed by atoms with Gasteiger partial charge in [0.25, 0.3) is 5.91 Å². The molecule has 1 aliphatic carbocycles. The van der Waals surface area contributed by atoms with Gasteiger partial charge in [0.1, 0.15) is 5.75 Å². The quantitative estimate of drug-likeness (QED) is 0.872. The topological polar surface area (TPSA) is 58.6 Å². The van der Waals surface area contributed by atoms with Crippen LogP contribution in [-0.2, 0) is 11.0 Å². The highest BCUT2D eigenvalue weighted by atomic mass is 19.4. The van der Waals surface area contributed by atoms with Gasteiger partial charge in [-0.3, -0.25) is 4.79 Å². The molecular formula is C16H20F3NO3. The number of carbonyl (C=O) groups is 1. The average molecular weight is 331 g/mol. The van der Waals surface area contributed by atoms with Crippen molar-refractivity contribution < 1.29 is 27.8 Å². The van der Waals surface area contributed by atoms with Crippen molar-refractivity contribution in [2.24, 2.45) is 5.92 Å². The molecule has 1 aromatic carbocycles. The summed E-state index contributed by atoms with van der Waals surface area (Å²) in [6.45, 7) is -0.338. The first-order valence-electron chi connectivity index (χ1n) is 7.60. The highest BCUT2D eigenvalue weighted by molar-refractivity contribution is 5.77. The average Bonchev–Trinajstić information content (AvgIpc) is 2.53. The van der Waals surface area contributed by atoms with Gasteiger partial charge in [0.05, 0.1) is 5.56 Å². The molecule has 0 radical (unpaired) electrons. The van der Waals surface area contributed by atoms with E-state index in [4.69, 9.17) is 4.74 Å². The van der Waals surface area contributed by atoms with Crippen molar-refractivity contribution in [2.75, 3.05) is 13.2 Å². The smallest absolute Gasteiger partial charge is 0.416 e. The molecule has 1 fully saturated rings. The molecule has 128 valence electrons. The van der Waals surface area contributed by atoms with Crippen molar-refractivity contribution in [3.63, 3.8) is 0 Å². The fourth-order valence-electron chi connectivity index (χ4n) is 2.78. The third-order valence-electron chi connectivity index (χ3n) is 4.02. The Morgan fingerprint density at radius 1 is 1.30 bits per heavy atom. The molecule has 2 atom stereocenters. The van der Waals surface area contributed by atoms with Gasteiger partial charge in [-0.15, -0.1) is 0 Å². The highest BCUT2D eigenvalue weighted by Gasteiger charge is 2.30. The van der Waals surface area contributed by atoms with E-state index in [2.05, 4.69) is 5.32 Å². The minimum atomic E-state index is -4.45. The number of amides is 1. The van der Waals surface area contributed by atoms with Crippen molar-refractivity contribution in [3.05, 3.63) is 29.8 Å². The molecule has 0 heterocycles. The molecule has 0 bridgehead atoms. The van der Waals surface area contributed by atoms with Gasteiger partial charge >= 0.3 is 6.18 Å². The number of aliphatic hydroxyl groups is 1. The Morgan fingerprint density at radius 2 is 2.04 bits per heavy atom. The minimum Gasteiger partial charge on any atom is -0.484 e. The van der Waals surface area contributed by atoms with E-state index in [9.17, 15) is 23.1 Å². The Balaban J connectivity index is 1.87. The number of halogens is 3. The van der Waals surface area contributed by atoms with Crippen LogP contribution in [0.25, 0.3) is 0 Å². The summed E-state index contributed by atoms with van der Waals surface area (Å²) in [5, 5.41) is 12.1. The number of nitrogens with one attached hydrogen (secondary N) is 1. The van der Waals surface area contributed by atoms with Gasteiger partial charge in [0, 0.05) is 18.6 Å². The maximum atomic E-state index is 12.6. The van der Waals surface area contributed by atoms with Crippen LogP contribution in [0.3, 0.4) is 0 Å². The van der Waals surface area contributed by atoms with Crippen molar-refractivity contribution in [1.29, 1.82) is 0 Å². The molecule has 23 heavy (non-hydrogen) atoms. The van der Waals surface area contributed by atoms with Crippen molar-refractivity contribution in [2.45, 2.75) is 37.9 Å². The highest BCUT2D eigenvalue weighted by Crippen LogP contribution is 2.31. The minimum absolute atomic E-state index is 0.00247. The normalized spacial score (nSPS) is 21.7. The fraction of sp³-hybridized carbons (Fsp3) is 0.562. The predicted octanol–water partition coefficient (Wildman–Crippen LogP) is 2.75. The van der Waals surface area contributed by atoms with E-state index in [0.29, 0.717) is 0 Å². The molecule has 1 aromatic rings. The molecule has 1 aliphatic rings. The summed E-state index contributed by atoms with van der Waals surface area (Å²) in [7, 11) is 0. The van der Waals surface area contributed by atoms with E-state index in [-0.39, 0.29) is 30.9 Å². The van der Waals surface area contributed by atoms with Gasteiger partial charge in [-0.25, -0.2) is 0 Å². The van der Waals surface area contributed by atoms with E-state index in [0.717, 1.165) is 37.8 Å². The number of hydrogen-bond acceptors (Lipinski definition) is 3. The van der Waals surface area contributed by atoms with Crippen molar-refractivity contribution >= 4 is 5.91 Å². The van der Waals surface area contributed by atoms with Crippen LogP contribution >= 0.6 is 0 Å². The third kappa shape index (κ3) is 5.13. The maximum absolute atomic E-state index is 12.6. The third-order valence-corrected chi connectivity index (χ3v) is 4.02. The van der Waals surface area contributed by atoms with Crippen molar-refractivity contribution in [3.8, 4) is 5.75 Å². The summed E-state index contributed by atoms with van der Waals surface area (Å²) in [6.07, 6.45) is -0.789. The van der Waals surface area contributed by atoms with E-state index in [1.807, 2.05) is 0 Å². The number of rotatable bonds is 5. The standard InChI is InChI=1S/C16H20F3NO3/c17-16(18,19)12-5-3-6-13(8-12)23-10-15(22)20-14-7-2-1-4-11(14)9-21/h3,5-6,8,11,14,21H,1-2,4,7,9-10H2,(H,20,22). The van der Waals surface area contributed by atoms with Crippen LogP contribution in [0, 0.1) is 5.92 Å². The Kier molecular flexibility index (Phi) is 5.87. The second kappa shape index (κ2) is 7.68. The zero-order valence-electron chi connectivity index (χ0n) is 12.6. The monoisotopic (exact) mass is 331 g/mol. The Morgan fingerprint density at radius 3 is 2.74 bits per heavy atom. The maximum Gasteiger partial charge on any atom is 0.416 e. The molecule has 1 amide bonds. The Labute approximate surface area is 132 Å². The largest absolute Gasteiger partial charge is 0.484 e. The molecule has 2 rings (SSSR count). The van der Waals surface area contributed by atoms with Gasteiger partial charge in [0.2, 0.25) is 0 Å². The number of ether oxygens (including phenoxy) is 1. The number of alkyl halides is 3. The van der Waals surface area contributed by atoms with Gasteiger partial charge in [-0.05, 0) is 31.0 Å². The predicted molar refractivity (Wildman–Crippen MR) is 77.9 cm³/mol. The number of hydrogen-bond donors (Lipinski definition) is 2. The number of carbonyl (C=O) groups excluding carboxylic acids is 1. The lowest BCUT2D eigenvalue weighted by Gasteiger charge is -2.30. The second-order valence-corrected chi connectivity index (χ2v) is 5.72. The van der Waals surface area contributed by atoms with E-state index in [1.165, 1.54) is 12.1 Å². The van der Waals surface area contributed by atoms with Crippen LogP contribution in [-0.4, -0.2) is 30.3 Å². The van der Waals surface area contributed by atoms with Crippen LogP contribution in [0.5, 0.6) is 5.75 Å². The van der Waals surface area contributed by atoms with Crippen LogP contribution in [0.15, 0.2) is 24.3 Å². The number of aliphatic hydroxyl groups excluding tert-OH is 1. The lowest BCUT2D eigenvalue weighted by atomic mass is 9.85. The number of benzene rings is 1. The zero-order chi connectivity index (χ0) is 16.9. The summed E-state index contributed by atoms with van der Waals surface area (Å²) in [5.41, 5.74) is -0.817. The summed E-state index contributed by atoms with van der Waals surface area (Å²) in [6, 6.07) is 4.32. The van der Waals surface area contributed by atoms with Crippen LogP contribution in [0.1, 0.15) is 31.2 Å². The molecule has 0 aromatic heterocycles. The lowest BCUT2D eigenvalue weighted by Crippen LogP contribution is -2.45. The van der Waals surface area contributed by atoms with Gasteiger partial charge in [-0.1, -0.05) is 18.9 Å². The van der Waals surface area contributed by atoms with Gasteiger partial charge < -0.3 is 15.2 Å². The van der Waals surface area contributed by atoms with E-state index >= 15 is 0 Å². The molecular weight excluding hydrogens is 311 g/mol. The SMILES string of the molecule is O=C(COc1cccc(C(F)(F)F)c1)NC1CCCCC1CO. The summed E-state index contributed by atoms with van der Waals surface area (Å²) < 4.78 is 42.9. The first-order chi connectivity index (χ1) is 10.9. The summed E-state index contributed by atoms with van der Waals surface area (Å²) in [4.78, 5) is 11.9. The molecule has 1 saturated carbocycles. The van der Waals surface area contributed by atoms with Gasteiger partial charge in [0.15, 0.2) is 6.61 Å². The lowest BCUT2D eigenvalue weighted by molar-refractivity contribution is -0.137. The molecule has 7 heteroatoms. The molecule has 0 aliphatic heterocycles. The van der Waals surface area contributed by atoms with Gasteiger partial charge in [-0.2, -0.15) is 13.2 Å².